The van der Waals surface area contributed by atoms with Crippen LogP contribution in [0.25, 0.3) is 38.2 Å². The Bertz CT molecular complexity index is 2060. The van der Waals surface area contributed by atoms with E-state index in [1.807, 2.05) is 38.1 Å². The lowest BCUT2D eigenvalue weighted by molar-refractivity contribution is -0.140. The van der Waals surface area contributed by atoms with Gasteiger partial charge >= 0.3 is 6.18 Å². The largest absolute Gasteiger partial charge is 0.433 e. The summed E-state index contributed by atoms with van der Waals surface area (Å²) in [5.74, 6) is -1.61. The smallest absolute Gasteiger partial charge is 0.365 e. The first-order valence-corrected chi connectivity index (χ1v) is 13.9. The van der Waals surface area contributed by atoms with E-state index in [2.05, 4.69) is 25.5 Å². The summed E-state index contributed by atoms with van der Waals surface area (Å²) in [6.45, 7) is 5.96. The first kappa shape index (κ1) is 28.0. The molecule has 43 heavy (non-hydrogen) atoms. The van der Waals surface area contributed by atoms with Gasteiger partial charge in [0, 0.05) is 35.5 Å². The summed E-state index contributed by atoms with van der Waals surface area (Å²) in [5, 5.41) is 11.6. The zero-order valence-corrected chi connectivity index (χ0v) is 23.8. The molecule has 1 aromatic carbocycles. The number of primary amides is 1. The molecule has 5 heterocycles. The number of thiophene rings is 1. The molecule has 6 rings (SSSR count). The first-order valence-electron chi connectivity index (χ1n) is 13.1. The minimum absolute atomic E-state index is 0.0496. The minimum Gasteiger partial charge on any atom is -0.365 e. The summed E-state index contributed by atoms with van der Waals surface area (Å²) in [6, 6.07) is 10.4. The number of carbonyl (C=O) groups is 2. The van der Waals surface area contributed by atoms with Gasteiger partial charge in [-0.25, -0.2) is 14.5 Å². The van der Waals surface area contributed by atoms with E-state index in [9.17, 15) is 22.8 Å². The van der Waals surface area contributed by atoms with Gasteiger partial charge in [-0.3, -0.25) is 14.3 Å². The molecule has 0 saturated heterocycles. The Morgan fingerprint density at radius 1 is 1.09 bits per heavy atom. The average Bonchev–Trinajstić information content (AvgIpc) is 3.67. The lowest BCUT2D eigenvalue weighted by Crippen LogP contribution is -2.17. The zero-order valence-electron chi connectivity index (χ0n) is 23.0. The molecule has 0 aliphatic carbocycles. The van der Waals surface area contributed by atoms with Crippen LogP contribution in [0.3, 0.4) is 0 Å². The van der Waals surface area contributed by atoms with Crippen molar-refractivity contribution < 1.29 is 22.8 Å². The number of hydrogen-bond donors (Lipinski definition) is 2. The van der Waals surface area contributed by atoms with Crippen LogP contribution in [0.2, 0.25) is 0 Å². The number of nitrogens with two attached hydrogens (primary N) is 1. The van der Waals surface area contributed by atoms with Gasteiger partial charge in [-0.2, -0.15) is 23.4 Å². The fraction of sp³-hybridized carbons (Fsp3) is 0.172. The zero-order chi connectivity index (χ0) is 30.6. The number of rotatable bonds is 6. The Labute approximate surface area is 246 Å². The summed E-state index contributed by atoms with van der Waals surface area (Å²) in [4.78, 5) is 34.1. The Kier molecular flexibility index (Phi) is 6.72. The van der Waals surface area contributed by atoms with Crippen LogP contribution in [0, 0.1) is 13.8 Å². The molecule has 0 aliphatic heterocycles. The van der Waals surface area contributed by atoms with Gasteiger partial charge in [-0.15, -0.1) is 11.3 Å². The molecule has 14 heteroatoms. The molecule has 0 fully saturated rings. The van der Waals surface area contributed by atoms with Gasteiger partial charge in [-0.1, -0.05) is 29.8 Å². The van der Waals surface area contributed by atoms with Crippen molar-refractivity contribution in [2.75, 3.05) is 5.32 Å². The van der Waals surface area contributed by atoms with Crippen LogP contribution in [-0.2, 0) is 12.7 Å². The van der Waals surface area contributed by atoms with Gasteiger partial charge in [0.1, 0.15) is 21.0 Å². The van der Waals surface area contributed by atoms with Gasteiger partial charge in [-0.05, 0) is 38.5 Å². The van der Waals surface area contributed by atoms with Crippen LogP contribution in [0.5, 0.6) is 0 Å². The van der Waals surface area contributed by atoms with Gasteiger partial charge in [0.2, 0.25) is 0 Å². The Morgan fingerprint density at radius 3 is 2.49 bits per heavy atom. The van der Waals surface area contributed by atoms with Crippen molar-refractivity contribution >= 4 is 44.7 Å². The molecular weight excluding hydrogens is 581 g/mol. The predicted molar refractivity (Wildman–Crippen MR) is 156 cm³/mol. The van der Waals surface area contributed by atoms with E-state index >= 15 is 0 Å². The van der Waals surface area contributed by atoms with Crippen molar-refractivity contribution in [1.29, 1.82) is 0 Å². The van der Waals surface area contributed by atoms with Crippen LogP contribution in [0.4, 0.5) is 18.9 Å². The highest BCUT2D eigenvalue weighted by atomic mass is 32.1. The van der Waals surface area contributed by atoms with E-state index in [-0.39, 0.29) is 37.6 Å². The maximum Gasteiger partial charge on any atom is 0.433 e. The molecule has 0 atom stereocenters. The minimum atomic E-state index is -4.77. The van der Waals surface area contributed by atoms with E-state index < -0.39 is 23.7 Å². The second-order valence-corrected chi connectivity index (χ2v) is 10.8. The van der Waals surface area contributed by atoms with Crippen molar-refractivity contribution in [3.05, 3.63) is 82.4 Å². The van der Waals surface area contributed by atoms with Gasteiger partial charge in [0.15, 0.2) is 5.65 Å². The third kappa shape index (κ3) is 4.88. The topological polar surface area (TPSA) is 133 Å². The lowest BCUT2D eigenvalue weighted by atomic mass is 10.0. The molecule has 0 unspecified atom stereocenters. The first-order chi connectivity index (χ1) is 20.5. The third-order valence-corrected chi connectivity index (χ3v) is 8.07. The third-order valence-electron chi connectivity index (χ3n) is 6.97. The normalized spacial score (nSPS) is 11.9. The number of aromatic nitrogens is 6. The van der Waals surface area contributed by atoms with Crippen molar-refractivity contribution in [1.82, 2.24) is 29.4 Å². The van der Waals surface area contributed by atoms with Crippen LogP contribution in [0.1, 0.15) is 43.9 Å². The van der Waals surface area contributed by atoms with E-state index in [0.29, 0.717) is 34.8 Å². The van der Waals surface area contributed by atoms with Crippen LogP contribution < -0.4 is 11.1 Å². The van der Waals surface area contributed by atoms with Crippen LogP contribution in [-0.4, -0.2) is 41.2 Å². The molecule has 218 valence electrons. The van der Waals surface area contributed by atoms with Crippen molar-refractivity contribution in [3.8, 4) is 22.4 Å². The van der Waals surface area contributed by atoms with Crippen LogP contribution in [0.15, 0.2) is 55.0 Å². The number of amides is 2. The molecule has 0 spiro atoms. The van der Waals surface area contributed by atoms with E-state index in [0.717, 1.165) is 17.2 Å². The number of benzene rings is 1. The fourth-order valence-electron chi connectivity index (χ4n) is 4.87. The molecule has 3 N–H and O–H groups in total. The Balaban J connectivity index is 1.52. The number of hydrogen-bond acceptors (Lipinski definition) is 7. The summed E-state index contributed by atoms with van der Waals surface area (Å²) in [7, 11) is 0. The standard InChI is InChI=1S/C29H23F3N8O2S/c1-4-39-13-19(15(3)38-39)17-11-21(29(30,31)32)36-28-22(17)23(24(43-28)25(33)41)37-27(42)18-12-35-40-20(9-10-34-26(18)40)16-7-5-14(2)6-8-16/h5-13H,4H2,1-3H3,(H2,33,41)(H,37,42). The van der Waals surface area contributed by atoms with E-state index in [1.54, 1.807) is 30.1 Å². The van der Waals surface area contributed by atoms with Crippen LogP contribution >= 0.6 is 11.3 Å². The maximum atomic E-state index is 13.9. The highest BCUT2D eigenvalue weighted by Gasteiger charge is 2.35. The number of alkyl halides is 3. The number of anilines is 1. The highest BCUT2D eigenvalue weighted by molar-refractivity contribution is 7.21. The van der Waals surface area contributed by atoms with E-state index in [1.165, 1.54) is 10.7 Å². The van der Waals surface area contributed by atoms with Crippen molar-refractivity contribution in [2.45, 2.75) is 33.5 Å². The van der Waals surface area contributed by atoms with Gasteiger partial charge < -0.3 is 11.1 Å². The van der Waals surface area contributed by atoms with Crippen molar-refractivity contribution in [3.63, 3.8) is 0 Å². The number of aryl methyl sites for hydroxylation is 3. The molecule has 6 aromatic rings. The molecule has 2 amide bonds. The number of nitrogens with zero attached hydrogens (tertiary/aromatic N) is 6. The molecule has 5 aromatic heterocycles. The fourth-order valence-corrected chi connectivity index (χ4v) is 5.88. The van der Waals surface area contributed by atoms with E-state index in [4.69, 9.17) is 5.73 Å². The number of pyridine rings is 1. The molecular formula is C29H23F3N8O2S. The molecule has 0 saturated carbocycles. The number of halogens is 3. The summed E-state index contributed by atoms with van der Waals surface area (Å²) in [6.07, 6.45) is -0.272. The Morgan fingerprint density at radius 2 is 1.84 bits per heavy atom. The average molecular weight is 605 g/mol. The molecule has 0 bridgehead atoms. The summed E-state index contributed by atoms with van der Waals surface area (Å²) >= 11 is 0.669. The number of carbonyl (C=O) groups excluding carboxylic acids is 2. The second kappa shape index (κ2) is 10.3. The molecule has 0 aliphatic rings. The predicted octanol–water partition coefficient (Wildman–Crippen LogP) is 5.88. The Hall–Kier alpha value is -5.11. The number of nitrogens with one attached hydrogen (secondary N) is 1. The van der Waals surface area contributed by atoms with Gasteiger partial charge in [0.05, 0.1) is 23.3 Å². The quantitative estimate of drug-likeness (QED) is 0.244. The summed E-state index contributed by atoms with van der Waals surface area (Å²) < 4.78 is 44.8. The summed E-state index contributed by atoms with van der Waals surface area (Å²) in [5.41, 5.74) is 8.36. The highest BCUT2D eigenvalue weighted by Crippen LogP contribution is 2.44. The lowest BCUT2D eigenvalue weighted by Gasteiger charge is -2.12. The molecule has 10 nitrogen and oxygen atoms in total. The van der Waals surface area contributed by atoms with Crippen molar-refractivity contribution in [2.24, 2.45) is 5.73 Å². The van der Waals surface area contributed by atoms with Gasteiger partial charge in [0.25, 0.3) is 11.8 Å². The second-order valence-electron chi connectivity index (χ2n) is 9.83. The molecule has 0 radical (unpaired) electrons. The monoisotopic (exact) mass is 604 g/mol. The number of fused-ring (bicyclic) bond motifs is 2. The maximum absolute atomic E-state index is 13.9. The SMILES string of the molecule is CCn1cc(-c2cc(C(F)(F)F)nc3sc(C(N)=O)c(NC(=O)c4cnn5c(-c6ccc(C)cc6)ccnc45)c23)c(C)n1.